The topological polar surface area (TPSA) is 124 Å². The van der Waals surface area contributed by atoms with Crippen LogP contribution in [0, 0.1) is 23.7 Å². The van der Waals surface area contributed by atoms with E-state index in [1.165, 1.54) is 38.5 Å². The number of amides is 3. The Morgan fingerprint density at radius 1 is 0.744 bits per heavy atom. The van der Waals surface area contributed by atoms with Crippen LogP contribution in [0.2, 0.25) is 0 Å². The van der Waals surface area contributed by atoms with Gasteiger partial charge in [-0.2, -0.15) is 0 Å². The van der Waals surface area contributed by atoms with Crippen LogP contribution in [0.1, 0.15) is 112 Å². The van der Waals surface area contributed by atoms with Gasteiger partial charge in [0.05, 0.1) is 0 Å². The van der Waals surface area contributed by atoms with Gasteiger partial charge in [-0.1, -0.05) is 39.5 Å². The van der Waals surface area contributed by atoms with Crippen LogP contribution in [-0.4, -0.2) is 77.3 Å². The summed E-state index contributed by atoms with van der Waals surface area (Å²) in [6, 6.07) is 0. The first-order chi connectivity index (χ1) is 20.4. The number of piperidine rings is 2. The normalized spacial score (nSPS) is 31.9. The Morgan fingerprint density at radius 2 is 1.16 bits per heavy atom. The second kappa shape index (κ2) is 12.9. The van der Waals surface area contributed by atoms with Gasteiger partial charge in [-0.3, -0.25) is 19.6 Å². The summed E-state index contributed by atoms with van der Waals surface area (Å²) >= 11 is 0. The molecule has 10 heteroatoms. The Bertz CT molecular complexity index is 1100. The van der Waals surface area contributed by atoms with Gasteiger partial charge in [0.15, 0.2) is 0 Å². The van der Waals surface area contributed by atoms with Crippen LogP contribution in [0.15, 0.2) is 9.98 Å². The van der Waals surface area contributed by atoms with Crippen LogP contribution in [0.25, 0.3) is 0 Å². The Kier molecular flexibility index (Phi) is 9.54. The standard InChI is InChI=1S/C19H31N3O3.C14H23N3O/c1-13-5-7-14(8-6-13)15-20-16(23)19(21-15)9-11-22(12-10-19)17(24)25-18(2,3)4;1-10-2-4-11(5-3-10)12-16-13(18)14(17-12)6-8-15-9-7-14/h13-14H,5-12H2,1-4H3,(H,20,21,23);10-11,15H,2-9H2,1H3,(H,16,17,18). The molecular formula is C33H54N6O4. The van der Waals surface area contributed by atoms with Gasteiger partial charge >= 0.3 is 6.09 Å². The first-order valence-corrected chi connectivity index (χ1v) is 16.9. The summed E-state index contributed by atoms with van der Waals surface area (Å²) in [5, 5.41) is 9.45. The molecule has 0 aromatic heterocycles. The largest absolute Gasteiger partial charge is 0.444 e. The summed E-state index contributed by atoms with van der Waals surface area (Å²) in [6.07, 6.45) is 12.1. The number of ether oxygens (including phenoxy) is 1. The zero-order valence-corrected chi connectivity index (χ0v) is 27.1. The molecule has 2 aliphatic carbocycles. The number of likely N-dealkylation sites (tertiary alicyclic amines) is 1. The molecule has 2 saturated heterocycles. The highest BCUT2D eigenvalue weighted by molar-refractivity contribution is 6.10. The van der Waals surface area contributed by atoms with Gasteiger partial charge in [0.1, 0.15) is 28.4 Å². The molecule has 2 saturated carbocycles. The second-order valence-electron chi connectivity index (χ2n) is 15.1. The number of nitrogens with zero attached hydrogens (tertiary/aromatic N) is 3. The third-order valence-corrected chi connectivity index (χ3v) is 10.5. The monoisotopic (exact) mass is 598 g/mol. The van der Waals surface area contributed by atoms with Crippen molar-refractivity contribution in [2.75, 3.05) is 26.2 Å². The minimum Gasteiger partial charge on any atom is -0.444 e. The molecule has 2 spiro atoms. The molecule has 43 heavy (non-hydrogen) atoms. The minimum atomic E-state index is -0.670. The second-order valence-corrected chi connectivity index (χ2v) is 15.1. The first kappa shape index (κ1) is 31.9. The van der Waals surface area contributed by atoms with Crippen LogP contribution in [-0.2, 0) is 14.3 Å². The van der Waals surface area contributed by atoms with Gasteiger partial charge in [-0.15, -0.1) is 0 Å². The fraction of sp³-hybridized carbons (Fsp3) is 0.848. The Hall–Kier alpha value is -2.49. The lowest BCUT2D eigenvalue weighted by molar-refractivity contribution is -0.125. The summed E-state index contributed by atoms with van der Waals surface area (Å²) in [6.45, 7) is 13.0. The third-order valence-electron chi connectivity index (χ3n) is 10.5. The Balaban J connectivity index is 0.000000180. The zero-order chi connectivity index (χ0) is 30.8. The molecule has 6 rings (SSSR count). The summed E-state index contributed by atoms with van der Waals surface area (Å²) in [5.41, 5.74) is -1.60. The number of nitrogens with one attached hydrogen (secondary N) is 3. The van der Waals surface area contributed by atoms with Gasteiger partial charge in [0.2, 0.25) is 0 Å². The molecule has 10 nitrogen and oxygen atoms in total. The fourth-order valence-corrected chi connectivity index (χ4v) is 7.44. The SMILES string of the molecule is CC1CCC(C2=NC3(CCN(C(=O)OC(C)(C)C)CC3)C(=O)N2)CC1.CC1CCC(C2=NC3(CCNCC3)C(=O)N2)CC1. The van der Waals surface area contributed by atoms with Crippen LogP contribution < -0.4 is 16.0 Å². The van der Waals surface area contributed by atoms with Crippen molar-refractivity contribution >= 4 is 29.6 Å². The molecule has 3 amide bonds. The number of carbonyl (C=O) groups excluding carboxylic acids is 3. The lowest BCUT2D eigenvalue weighted by Crippen LogP contribution is -2.51. The molecule has 3 N–H and O–H groups in total. The van der Waals surface area contributed by atoms with E-state index in [2.05, 4.69) is 29.8 Å². The van der Waals surface area contributed by atoms with Crippen molar-refractivity contribution in [1.82, 2.24) is 20.9 Å². The zero-order valence-electron chi connectivity index (χ0n) is 27.1. The van der Waals surface area contributed by atoms with Gasteiger partial charge in [-0.25, -0.2) is 4.79 Å². The maximum atomic E-state index is 12.6. The maximum absolute atomic E-state index is 12.6. The van der Waals surface area contributed by atoms with E-state index in [0.717, 1.165) is 62.3 Å². The highest BCUT2D eigenvalue weighted by Gasteiger charge is 2.48. The molecule has 4 fully saturated rings. The summed E-state index contributed by atoms with van der Waals surface area (Å²) in [4.78, 5) is 48.4. The molecule has 6 aliphatic rings. The molecular weight excluding hydrogens is 544 g/mol. The molecule has 0 aromatic carbocycles. The van der Waals surface area contributed by atoms with E-state index in [4.69, 9.17) is 14.7 Å². The highest BCUT2D eigenvalue weighted by atomic mass is 16.6. The van der Waals surface area contributed by atoms with Crippen molar-refractivity contribution < 1.29 is 19.1 Å². The lowest BCUT2D eigenvalue weighted by Gasteiger charge is -2.36. The molecule has 240 valence electrons. The van der Waals surface area contributed by atoms with E-state index in [1.807, 2.05) is 20.8 Å². The summed E-state index contributed by atoms with van der Waals surface area (Å²) in [5.74, 6) is 4.56. The average Bonchev–Trinajstić information content (AvgIpc) is 3.45. The number of amidine groups is 2. The molecule has 0 radical (unpaired) electrons. The van der Waals surface area contributed by atoms with Crippen molar-refractivity contribution in [3.05, 3.63) is 0 Å². The number of carbonyl (C=O) groups is 3. The van der Waals surface area contributed by atoms with Gasteiger partial charge in [0.25, 0.3) is 11.8 Å². The molecule has 0 bridgehead atoms. The van der Waals surface area contributed by atoms with Gasteiger partial charge < -0.3 is 25.6 Å². The molecule has 4 aliphatic heterocycles. The Labute approximate surface area is 257 Å². The number of aliphatic imine (C=N–C) groups is 2. The predicted octanol–water partition coefficient (Wildman–Crippen LogP) is 4.57. The minimum absolute atomic E-state index is 0.0185. The number of rotatable bonds is 2. The van der Waals surface area contributed by atoms with Crippen molar-refractivity contribution in [2.45, 2.75) is 128 Å². The van der Waals surface area contributed by atoms with Crippen LogP contribution in [0.5, 0.6) is 0 Å². The average molecular weight is 599 g/mol. The van der Waals surface area contributed by atoms with Crippen LogP contribution in [0.4, 0.5) is 4.79 Å². The van der Waals surface area contributed by atoms with Crippen LogP contribution >= 0.6 is 0 Å². The van der Waals surface area contributed by atoms with E-state index in [0.29, 0.717) is 37.8 Å². The van der Waals surface area contributed by atoms with Gasteiger partial charge in [0, 0.05) is 24.9 Å². The molecule has 0 unspecified atom stereocenters. The molecule has 0 aromatic rings. The molecule has 4 heterocycles. The van der Waals surface area contributed by atoms with E-state index in [-0.39, 0.29) is 17.9 Å². The van der Waals surface area contributed by atoms with Crippen LogP contribution in [0.3, 0.4) is 0 Å². The Morgan fingerprint density at radius 3 is 1.58 bits per heavy atom. The van der Waals surface area contributed by atoms with E-state index >= 15 is 0 Å². The highest BCUT2D eigenvalue weighted by Crippen LogP contribution is 2.36. The molecule has 0 atom stereocenters. The van der Waals surface area contributed by atoms with Gasteiger partial charge in [-0.05, 0) is 97.1 Å². The van der Waals surface area contributed by atoms with Crippen molar-refractivity contribution in [1.29, 1.82) is 0 Å². The number of hydrogen-bond acceptors (Lipinski definition) is 7. The van der Waals surface area contributed by atoms with Crippen molar-refractivity contribution in [3.8, 4) is 0 Å². The van der Waals surface area contributed by atoms with Crippen molar-refractivity contribution in [3.63, 3.8) is 0 Å². The smallest absolute Gasteiger partial charge is 0.410 e. The fourth-order valence-electron chi connectivity index (χ4n) is 7.44. The van der Waals surface area contributed by atoms with E-state index in [9.17, 15) is 14.4 Å². The number of hydrogen-bond donors (Lipinski definition) is 3. The quantitative estimate of drug-likeness (QED) is 0.430. The van der Waals surface area contributed by atoms with E-state index < -0.39 is 16.7 Å². The lowest BCUT2D eigenvalue weighted by atomic mass is 9.82. The predicted molar refractivity (Wildman–Crippen MR) is 168 cm³/mol. The van der Waals surface area contributed by atoms with Crippen molar-refractivity contribution in [2.24, 2.45) is 33.7 Å². The first-order valence-electron chi connectivity index (χ1n) is 16.9. The third kappa shape index (κ3) is 7.43. The maximum Gasteiger partial charge on any atom is 0.410 e. The van der Waals surface area contributed by atoms with E-state index in [1.54, 1.807) is 4.90 Å². The summed E-state index contributed by atoms with van der Waals surface area (Å²) in [7, 11) is 0. The summed E-state index contributed by atoms with van der Waals surface area (Å²) < 4.78 is 5.43.